The summed E-state index contributed by atoms with van der Waals surface area (Å²) in [7, 11) is 0. The van der Waals surface area contributed by atoms with Crippen LogP contribution in [0.15, 0.2) is 0 Å². The Morgan fingerprint density at radius 2 is 2.21 bits per heavy atom. The van der Waals surface area contributed by atoms with Gasteiger partial charge in [0.1, 0.15) is 0 Å². The molecule has 1 atom stereocenters. The quantitative estimate of drug-likeness (QED) is 0.730. The van der Waals surface area contributed by atoms with Crippen LogP contribution >= 0.6 is 0 Å². The van der Waals surface area contributed by atoms with Crippen molar-refractivity contribution in [1.29, 1.82) is 0 Å². The molecule has 1 aliphatic heterocycles. The van der Waals surface area contributed by atoms with Gasteiger partial charge in [-0.25, -0.2) is 0 Å². The van der Waals surface area contributed by atoms with E-state index in [-0.39, 0.29) is 5.60 Å². The molecule has 14 heavy (non-hydrogen) atoms. The van der Waals surface area contributed by atoms with Crippen molar-refractivity contribution in [2.45, 2.75) is 38.3 Å². The van der Waals surface area contributed by atoms with Gasteiger partial charge in [-0.3, -0.25) is 4.90 Å². The van der Waals surface area contributed by atoms with Gasteiger partial charge in [0, 0.05) is 25.7 Å². The minimum atomic E-state index is 0.0144. The van der Waals surface area contributed by atoms with E-state index >= 15 is 0 Å². The summed E-state index contributed by atoms with van der Waals surface area (Å²) in [5, 5.41) is 0. The molecule has 0 bridgehead atoms. The molecular formula is C11H22N2O. The Hall–Kier alpha value is -0.120. The van der Waals surface area contributed by atoms with Crippen LogP contribution in [0.1, 0.15) is 26.7 Å². The van der Waals surface area contributed by atoms with Gasteiger partial charge in [0.15, 0.2) is 0 Å². The summed E-state index contributed by atoms with van der Waals surface area (Å²) in [5.74, 6) is 0.869. The third-order valence-electron chi connectivity index (χ3n) is 3.33. The van der Waals surface area contributed by atoms with Gasteiger partial charge in [0.25, 0.3) is 0 Å². The molecule has 0 radical (unpaired) electrons. The highest BCUT2D eigenvalue weighted by atomic mass is 16.5. The molecule has 0 aromatic carbocycles. The second-order valence-electron chi connectivity index (χ2n) is 5.22. The Morgan fingerprint density at radius 3 is 2.71 bits per heavy atom. The highest BCUT2D eigenvalue weighted by molar-refractivity contribution is 4.92. The molecule has 0 aromatic rings. The molecule has 1 heterocycles. The van der Waals surface area contributed by atoms with Crippen LogP contribution < -0.4 is 5.73 Å². The molecule has 3 nitrogen and oxygen atoms in total. The monoisotopic (exact) mass is 198 g/mol. The molecular weight excluding hydrogens is 176 g/mol. The first-order valence-corrected chi connectivity index (χ1v) is 5.70. The predicted octanol–water partition coefficient (Wildman–Crippen LogP) is 0.834. The lowest BCUT2D eigenvalue weighted by Gasteiger charge is -2.42. The average Bonchev–Trinajstić information content (AvgIpc) is 2.88. The summed E-state index contributed by atoms with van der Waals surface area (Å²) in [4.78, 5) is 2.53. The van der Waals surface area contributed by atoms with Crippen molar-refractivity contribution in [2.24, 2.45) is 11.7 Å². The topological polar surface area (TPSA) is 38.5 Å². The number of nitrogens with zero attached hydrogens (tertiary/aromatic N) is 1. The van der Waals surface area contributed by atoms with Crippen LogP contribution in [-0.2, 0) is 4.74 Å². The Labute approximate surface area is 86.6 Å². The van der Waals surface area contributed by atoms with Crippen LogP contribution in [-0.4, -0.2) is 42.8 Å². The van der Waals surface area contributed by atoms with Gasteiger partial charge in [-0.15, -0.1) is 0 Å². The van der Waals surface area contributed by atoms with E-state index < -0.39 is 0 Å². The molecule has 2 aliphatic rings. The fraction of sp³-hybridized carbons (Fsp3) is 1.00. The molecule has 0 amide bonds. The van der Waals surface area contributed by atoms with E-state index in [0.29, 0.717) is 6.04 Å². The molecule has 0 aromatic heterocycles. The van der Waals surface area contributed by atoms with E-state index in [9.17, 15) is 0 Å². The van der Waals surface area contributed by atoms with Crippen LogP contribution in [0, 0.1) is 5.92 Å². The van der Waals surface area contributed by atoms with Gasteiger partial charge in [0.05, 0.1) is 12.2 Å². The van der Waals surface area contributed by atoms with E-state index in [0.717, 1.165) is 32.2 Å². The summed E-state index contributed by atoms with van der Waals surface area (Å²) in [6.45, 7) is 8.09. The molecule has 1 aliphatic carbocycles. The summed E-state index contributed by atoms with van der Waals surface area (Å²) in [6.07, 6.45) is 2.75. The zero-order valence-electron chi connectivity index (χ0n) is 9.33. The van der Waals surface area contributed by atoms with Crippen molar-refractivity contribution in [3.63, 3.8) is 0 Å². The average molecular weight is 198 g/mol. The van der Waals surface area contributed by atoms with Gasteiger partial charge < -0.3 is 10.5 Å². The number of rotatable bonds is 3. The molecule has 1 saturated carbocycles. The maximum Gasteiger partial charge on any atom is 0.0753 e. The van der Waals surface area contributed by atoms with E-state index in [1.165, 1.54) is 12.8 Å². The lowest BCUT2D eigenvalue weighted by atomic mass is 10.0. The normalized spacial score (nSPS) is 30.2. The first kappa shape index (κ1) is 10.4. The lowest BCUT2D eigenvalue weighted by Crippen LogP contribution is -2.54. The number of ether oxygens (including phenoxy) is 1. The Morgan fingerprint density at radius 1 is 1.50 bits per heavy atom. The number of nitrogens with two attached hydrogens (primary N) is 1. The van der Waals surface area contributed by atoms with Gasteiger partial charge in [0.2, 0.25) is 0 Å². The van der Waals surface area contributed by atoms with E-state index in [1.54, 1.807) is 0 Å². The van der Waals surface area contributed by atoms with Crippen LogP contribution in [0.25, 0.3) is 0 Å². The summed E-state index contributed by atoms with van der Waals surface area (Å²) in [5.41, 5.74) is 5.87. The zero-order chi connectivity index (χ0) is 10.2. The summed E-state index contributed by atoms with van der Waals surface area (Å²) in [6, 6.07) is 0.609. The van der Waals surface area contributed by atoms with E-state index in [4.69, 9.17) is 10.5 Å². The first-order chi connectivity index (χ1) is 6.62. The third kappa shape index (κ3) is 2.27. The number of hydrogen-bond acceptors (Lipinski definition) is 3. The highest BCUT2D eigenvalue weighted by Gasteiger charge is 2.38. The fourth-order valence-electron chi connectivity index (χ4n) is 2.46. The SMILES string of the molecule is CC1(C)CN(C(CN)C2CC2)CCO1. The predicted molar refractivity (Wildman–Crippen MR) is 57.2 cm³/mol. The van der Waals surface area contributed by atoms with Gasteiger partial charge >= 0.3 is 0 Å². The van der Waals surface area contributed by atoms with Crippen molar-refractivity contribution < 1.29 is 4.74 Å². The molecule has 2 N–H and O–H groups in total. The van der Waals surface area contributed by atoms with Crippen molar-refractivity contribution >= 4 is 0 Å². The number of morpholine rings is 1. The minimum absolute atomic E-state index is 0.0144. The van der Waals surface area contributed by atoms with Crippen LogP contribution in [0.4, 0.5) is 0 Å². The maximum absolute atomic E-state index is 5.85. The van der Waals surface area contributed by atoms with Crippen LogP contribution in [0.3, 0.4) is 0 Å². The largest absolute Gasteiger partial charge is 0.373 e. The standard InChI is InChI=1S/C11H22N2O/c1-11(2)8-13(5-6-14-11)10(7-12)9-3-4-9/h9-10H,3-8,12H2,1-2H3. The molecule has 1 saturated heterocycles. The molecule has 2 fully saturated rings. The van der Waals surface area contributed by atoms with E-state index in [2.05, 4.69) is 18.7 Å². The fourth-order valence-corrected chi connectivity index (χ4v) is 2.46. The molecule has 0 spiro atoms. The summed E-state index contributed by atoms with van der Waals surface area (Å²) >= 11 is 0. The van der Waals surface area contributed by atoms with Crippen molar-refractivity contribution in [3.05, 3.63) is 0 Å². The van der Waals surface area contributed by atoms with Crippen molar-refractivity contribution in [2.75, 3.05) is 26.2 Å². The van der Waals surface area contributed by atoms with E-state index in [1.807, 2.05) is 0 Å². The van der Waals surface area contributed by atoms with Gasteiger partial charge in [-0.05, 0) is 32.6 Å². The summed E-state index contributed by atoms with van der Waals surface area (Å²) < 4.78 is 5.71. The Kier molecular flexibility index (Phi) is 2.82. The number of hydrogen-bond donors (Lipinski definition) is 1. The molecule has 2 rings (SSSR count). The Balaban J connectivity index is 1.94. The third-order valence-corrected chi connectivity index (χ3v) is 3.33. The van der Waals surface area contributed by atoms with Crippen LogP contribution in [0.5, 0.6) is 0 Å². The lowest BCUT2D eigenvalue weighted by molar-refractivity contribution is -0.0982. The highest BCUT2D eigenvalue weighted by Crippen LogP contribution is 2.36. The maximum atomic E-state index is 5.85. The Bertz CT molecular complexity index is 201. The molecule has 1 unspecified atom stereocenters. The minimum Gasteiger partial charge on any atom is -0.373 e. The molecule has 3 heteroatoms. The van der Waals surface area contributed by atoms with Crippen molar-refractivity contribution in [1.82, 2.24) is 4.90 Å². The van der Waals surface area contributed by atoms with Gasteiger partial charge in [-0.2, -0.15) is 0 Å². The second kappa shape index (κ2) is 3.80. The zero-order valence-corrected chi connectivity index (χ0v) is 9.33. The van der Waals surface area contributed by atoms with Crippen molar-refractivity contribution in [3.8, 4) is 0 Å². The second-order valence-corrected chi connectivity index (χ2v) is 5.22. The smallest absolute Gasteiger partial charge is 0.0753 e. The molecule has 82 valence electrons. The first-order valence-electron chi connectivity index (χ1n) is 5.70. The van der Waals surface area contributed by atoms with Gasteiger partial charge in [-0.1, -0.05) is 0 Å². The van der Waals surface area contributed by atoms with Crippen LogP contribution in [0.2, 0.25) is 0 Å².